The molecular formula is C15H20BrNO3S. The van der Waals surface area contributed by atoms with Crippen LogP contribution < -0.4 is 9.46 Å². The minimum Gasteiger partial charge on any atom is -0.493 e. The summed E-state index contributed by atoms with van der Waals surface area (Å²) < 4.78 is 34.1. The molecule has 1 saturated carbocycles. The SMILES string of the molecule is O=S(=O)(NCc1cc(Br)cc2c1OCC2)C1CCCCC1. The monoisotopic (exact) mass is 373 g/mol. The minimum absolute atomic E-state index is 0.229. The number of hydrogen-bond acceptors (Lipinski definition) is 3. The van der Waals surface area contributed by atoms with E-state index in [1.165, 1.54) is 0 Å². The van der Waals surface area contributed by atoms with E-state index in [9.17, 15) is 8.42 Å². The summed E-state index contributed by atoms with van der Waals surface area (Å²) in [5, 5.41) is -0.229. The molecule has 1 aromatic rings. The van der Waals surface area contributed by atoms with Crippen LogP contribution in [-0.2, 0) is 23.0 Å². The molecule has 1 aliphatic carbocycles. The Labute approximate surface area is 134 Å². The summed E-state index contributed by atoms with van der Waals surface area (Å²) in [6, 6.07) is 3.98. The van der Waals surface area contributed by atoms with Crippen molar-refractivity contribution in [2.75, 3.05) is 6.61 Å². The predicted molar refractivity (Wildman–Crippen MR) is 86.0 cm³/mol. The summed E-state index contributed by atoms with van der Waals surface area (Å²) in [5.74, 6) is 0.851. The summed E-state index contributed by atoms with van der Waals surface area (Å²) in [4.78, 5) is 0. The fourth-order valence-electron chi connectivity index (χ4n) is 3.15. The molecule has 0 saturated heterocycles. The van der Waals surface area contributed by atoms with E-state index in [0.717, 1.165) is 59.9 Å². The average Bonchev–Trinajstić information content (AvgIpc) is 2.94. The Morgan fingerprint density at radius 1 is 1.24 bits per heavy atom. The largest absolute Gasteiger partial charge is 0.493 e. The van der Waals surface area contributed by atoms with E-state index in [0.29, 0.717) is 13.2 Å². The van der Waals surface area contributed by atoms with Gasteiger partial charge in [-0.05, 0) is 30.5 Å². The van der Waals surface area contributed by atoms with Crippen molar-refractivity contribution in [3.8, 4) is 5.75 Å². The van der Waals surface area contributed by atoms with Gasteiger partial charge in [0.2, 0.25) is 10.0 Å². The Balaban J connectivity index is 1.73. The lowest BCUT2D eigenvalue weighted by atomic mass is 10.0. The second-order valence-electron chi connectivity index (χ2n) is 5.78. The Morgan fingerprint density at radius 2 is 2.00 bits per heavy atom. The van der Waals surface area contributed by atoms with Crippen molar-refractivity contribution in [1.29, 1.82) is 0 Å². The molecule has 0 aromatic heterocycles. The van der Waals surface area contributed by atoms with Crippen molar-refractivity contribution in [1.82, 2.24) is 4.72 Å². The summed E-state index contributed by atoms with van der Waals surface area (Å²) in [5.41, 5.74) is 2.06. The summed E-state index contributed by atoms with van der Waals surface area (Å²) in [7, 11) is -3.23. The van der Waals surface area contributed by atoms with E-state index < -0.39 is 10.0 Å². The zero-order valence-electron chi connectivity index (χ0n) is 11.9. The molecule has 4 nitrogen and oxygen atoms in total. The number of benzene rings is 1. The Hall–Kier alpha value is -0.590. The lowest BCUT2D eigenvalue weighted by molar-refractivity contribution is 0.353. The van der Waals surface area contributed by atoms with Gasteiger partial charge in [0.25, 0.3) is 0 Å². The molecule has 2 aliphatic rings. The maximum atomic E-state index is 12.4. The van der Waals surface area contributed by atoms with Gasteiger partial charge in [0.1, 0.15) is 5.75 Å². The van der Waals surface area contributed by atoms with Crippen LogP contribution in [0.2, 0.25) is 0 Å². The van der Waals surface area contributed by atoms with Crippen molar-refractivity contribution >= 4 is 26.0 Å². The van der Waals surface area contributed by atoms with Crippen LogP contribution in [-0.4, -0.2) is 20.3 Å². The van der Waals surface area contributed by atoms with Crippen molar-refractivity contribution < 1.29 is 13.2 Å². The summed E-state index contributed by atoms with van der Waals surface area (Å²) >= 11 is 3.48. The van der Waals surface area contributed by atoms with Gasteiger partial charge in [0.15, 0.2) is 0 Å². The number of halogens is 1. The third kappa shape index (κ3) is 3.43. The highest BCUT2D eigenvalue weighted by atomic mass is 79.9. The first-order chi connectivity index (χ1) is 10.1. The van der Waals surface area contributed by atoms with Crippen LogP contribution in [0, 0.1) is 0 Å². The number of sulfonamides is 1. The van der Waals surface area contributed by atoms with Gasteiger partial charge >= 0.3 is 0 Å². The lowest BCUT2D eigenvalue weighted by Crippen LogP contribution is -2.35. The van der Waals surface area contributed by atoms with Crippen molar-refractivity contribution in [3.63, 3.8) is 0 Å². The maximum absolute atomic E-state index is 12.4. The highest BCUT2D eigenvalue weighted by molar-refractivity contribution is 9.10. The van der Waals surface area contributed by atoms with Crippen LogP contribution in [0.5, 0.6) is 5.75 Å². The number of ether oxygens (including phenoxy) is 1. The lowest BCUT2D eigenvalue weighted by Gasteiger charge is -2.22. The Morgan fingerprint density at radius 3 is 2.76 bits per heavy atom. The van der Waals surface area contributed by atoms with E-state index in [4.69, 9.17) is 4.74 Å². The van der Waals surface area contributed by atoms with Gasteiger partial charge < -0.3 is 4.74 Å². The first-order valence-corrected chi connectivity index (χ1v) is 9.83. The van der Waals surface area contributed by atoms with Gasteiger partial charge in [-0.25, -0.2) is 13.1 Å². The molecule has 1 aromatic carbocycles. The molecule has 0 bridgehead atoms. The van der Waals surface area contributed by atoms with Crippen LogP contribution in [0.25, 0.3) is 0 Å². The molecule has 3 rings (SSSR count). The van der Waals surface area contributed by atoms with Crippen molar-refractivity contribution in [3.05, 3.63) is 27.7 Å². The van der Waals surface area contributed by atoms with Crippen LogP contribution >= 0.6 is 15.9 Å². The van der Waals surface area contributed by atoms with Gasteiger partial charge in [-0.1, -0.05) is 35.2 Å². The standard InChI is InChI=1S/C15H20BrNO3S/c16-13-8-11-6-7-20-15(11)12(9-13)10-17-21(18,19)14-4-2-1-3-5-14/h8-9,14,17H,1-7,10H2. The summed E-state index contributed by atoms with van der Waals surface area (Å²) in [6.07, 6.45) is 5.63. The minimum atomic E-state index is -3.23. The smallest absolute Gasteiger partial charge is 0.214 e. The zero-order valence-corrected chi connectivity index (χ0v) is 14.3. The van der Waals surface area contributed by atoms with E-state index >= 15 is 0 Å². The van der Waals surface area contributed by atoms with Gasteiger partial charge in [0, 0.05) is 23.0 Å². The van der Waals surface area contributed by atoms with Crippen LogP contribution in [0.4, 0.5) is 0 Å². The molecule has 1 heterocycles. The molecular weight excluding hydrogens is 354 g/mol. The summed E-state index contributed by atoms with van der Waals surface area (Å²) in [6.45, 7) is 0.981. The number of nitrogens with one attached hydrogen (secondary N) is 1. The van der Waals surface area contributed by atoms with Crippen LogP contribution in [0.15, 0.2) is 16.6 Å². The molecule has 1 N–H and O–H groups in total. The zero-order chi connectivity index (χ0) is 14.9. The van der Waals surface area contributed by atoms with Gasteiger partial charge in [-0.3, -0.25) is 0 Å². The Bertz CT molecular complexity index is 624. The highest BCUT2D eigenvalue weighted by Gasteiger charge is 2.27. The maximum Gasteiger partial charge on any atom is 0.214 e. The number of rotatable bonds is 4. The fourth-order valence-corrected chi connectivity index (χ4v) is 5.25. The molecule has 0 atom stereocenters. The van der Waals surface area contributed by atoms with Crippen molar-refractivity contribution in [2.24, 2.45) is 0 Å². The molecule has 6 heteroatoms. The van der Waals surface area contributed by atoms with Crippen LogP contribution in [0.3, 0.4) is 0 Å². The topological polar surface area (TPSA) is 55.4 Å². The van der Waals surface area contributed by atoms with E-state index in [1.807, 2.05) is 12.1 Å². The normalized spacial score (nSPS) is 19.3. The van der Waals surface area contributed by atoms with Crippen LogP contribution in [0.1, 0.15) is 43.2 Å². The van der Waals surface area contributed by atoms with Crippen molar-refractivity contribution in [2.45, 2.75) is 50.3 Å². The highest BCUT2D eigenvalue weighted by Crippen LogP contribution is 2.33. The molecule has 0 unspecified atom stereocenters. The number of fused-ring (bicyclic) bond motifs is 1. The first-order valence-electron chi connectivity index (χ1n) is 7.49. The average molecular weight is 374 g/mol. The second kappa shape index (κ2) is 6.26. The number of hydrogen-bond donors (Lipinski definition) is 1. The van der Waals surface area contributed by atoms with E-state index in [2.05, 4.69) is 20.7 Å². The molecule has 0 amide bonds. The predicted octanol–water partition coefficient (Wildman–Crippen LogP) is 3.14. The van der Waals surface area contributed by atoms with Gasteiger partial charge in [0.05, 0.1) is 11.9 Å². The Kier molecular flexibility index (Phi) is 4.57. The third-order valence-electron chi connectivity index (χ3n) is 4.28. The molecule has 0 radical (unpaired) electrons. The molecule has 1 fully saturated rings. The second-order valence-corrected chi connectivity index (χ2v) is 8.74. The van der Waals surface area contributed by atoms with Gasteiger partial charge in [-0.15, -0.1) is 0 Å². The molecule has 21 heavy (non-hydrogen) atoms. The third-order valence-corrected chi connectivity index (χ3v) is 6.63. The van der Waals surface area contributed by atoms with E-state index in [-0.39, 0.29) is 5.25 Å². The molecule has 116 valence electrons. The fraction of sp³-hybridized carbons (Fsp3) is 0.600. The first kappa shape index (κ1) is 15.3. The van der Waals surface area contributed by atoms with Gasteiger partial charge in [-0.2, -0.15) is 0 Å². The molecule has 0 spiro atoms. The quantitative estimate of drug-likeness (QED) is 0.881. The molecule has 1 aliphatic heterocycles. The van der Waals surface area contributed by atoms with E-state index in [1.54, 1.807) is 0 Å².